The van der Waals surface area contributed by atoms with Gasteiger partial charge in [0.25, 0.3) is 5.69 Å². The van der Waals surface area contributed by atoms with Crippen LogP contribution in [0.2, 0.25) is 0 Å². The molecule has 1 N–H and O–H groups in total. The molecule has 14 heavy (non-hydrogen) atoms. The molecule has 0 aromatic heterocycles. The molecule has 0 fully saturated rings. The van der Waals surface area contributed by atoms with Crippen LogP contribution in [0.15, 0.2) is 18.2 Å². The monoisotopic (exact) mass is 193 g/mol. The Balaban J connectivity index is 2.55. The molecular formula is C10H11NO3. The molecule has 1 atom stereocenters. The Morgan fingerprint density at radius 2 is 2.29 bits per heavy atom. The van der Waals surface area contributed by atoms with E-state index in [4.69, 9.17) is 0 Å². The fourth-order valence-electron chi connectivity index (χ4n) is 1.98. The van der Waals surface area contributed by atoms with Crippen molar-refractivity contribution in [1.82, 2.24) is 0 Å². The second-order valence-electron chi connectivity index (χ2n) is 3.51. The Bertz CT molecular complexity index is 376. The third-order valence-electron chi connectivity index (χ3n) is 2.65. The number of aliphatic hydroxyl groups excluding tert-OH is 1. The van der Waals surface area contributed by atoms with Crippen molar-refractivity contribution in [3.63, 3.8) is 0 Å². The number of rotatable bonds is 1. The van der Waals surface area contributed by atoms with Crippen LogP contribution in [0.4, 0.5) is 5.69 Å². The van der Waals surface area contributed by atoms with Gasteiger partial charge in [0.1, 0.15) is 0 Å². The lowest BCUT2D eigenvalue weighted by atomic mass is 9.88. The number of fused-ring (bicyclic) bond motifs is 1. The van der Waals surface area contributed by atoms with Crippen molar-refractivity contribution in [2.75, 3.05) is 0 Å². The molecule has 74 valence electrons. The molecule has 1 aliphatic carbocycles. The van der Waals surface area contributed by atoms with Gasteiger partial charge in [0.2, 0.25) is 0 Å². The van der Waals surface area contributed by atoms with Crippen molar-refractivity contribution in [3.05, 3.63) is 39.4 Å². The molecule has 0 heterocycles. The highest BCUT2D eigenvalue weighted by Gasteiger charge is 2.24. The van der Waals surface area contributed by atoms with Gasteiger partial charge in [-0.3, -0.25) is 10.1 Å². The minimum atomic E-state index is -0.529. The van der Waals surface area contributed by atoms with E-state index in [0.29, 0.717) is 18.4 Å². The van der Waals surface area contributed by atoms with E-state index in [-0.39, 0.29) is 10.6 Å². The second-order valence-corrected chi connectivity index (χ2v) is 3.51. The molecule has 0 saturated heterocycles. The summed E-state index contributed by atoms with van der Waals surface area (Å²) in [5.74, 6) is 0. The van der Waals surface area contributed by atoms with Crippen LogP contribution < -0.4 is 0 Å². The summed E-state index contributed by atoms with van der Waals surface area (Å²) in [6, 6.07) is 4.90. The summed E-state index contributed by atoms with van der Waals surface area (Å²) in [6.07, 6.45) is 1.69. The summed E-state index contributed by atoms with van der Waals surface area (Å²) in [5.41, 5.74) is 1.57. The smallest absolute Gasteiger partial charge is 0.272 e. The predicted molar refractivity (Wildman–Crippen MR) is 51.0 cm³/mol. The summed E-state index contributed by atoms with van der Waals surface area (Å²) in [5, 5.41) is 20.3. The number of hydrogen-bond donors (Lipinski definition) is 1. The Kier molecular flexibility index (Phi) is 2.21. The van der Waals surface area contributed by atoms with Gasteiger partial charge in [0.15, 0.2) is 0 Å². The van der Waals surface area contributed by atoms with Gasteiger partial charge in [-0.1, -0.05) is 12.1 Å². The highest BCUT2D eigenvalue weighted by atomic mass is 16.6. The zero-order chi connectivity index (χ0) is 10.1. The molecule has 4 heteroatoms. The molecule has 0 amide bonds. The van der Waals surface area contributed by atoms with Crippen LogP contribution >= 0.6 is 0 Å². The number of nitro benzene ring substituents is 1. The molecule has 0 saturated carbocycles. The normalized spacial score (nSPS) is 20.2. The first kappa shape index (κ1) is 9.15. The van der Waals surface area contributed by atoms with Crippen molar-refractivity contribution in [2.45, 2.75) is 25.4 Å². The Labute approximate surface area is 81.3 Å². The summed E-state index contributed by atoms with van der Waals surface area (Å²) in [6.45, 7) is 0. The van der Waals surface area contributed by atoms with Crippen LogP contribution in [0.25, 0.3) is 0 Å². The molecule has 2 rings (SSSR count). The standard InChI is InChI=1S/C10H11NO3/c12-10-6-2-3-7-8(10)4-1-5-9(7)11(13)14/h1,4-5,10,12H,2-3,6H2/t10-/m1/s1. The van der Waals surface area contributed by atoms with Crippen molar-refractivity contribution >= 4 is 5.69 Å². The first-order chi connectivity index (χ1) is 6.70. The van der Waals surface area contributed by atoms with Gasteiger partial charge in [-0.05, 0) is 24.8 Å². The fourth-order valence-corrected chi connectivity index (χ4v) is 1.98. The Hall–Kier alpha value is -1.42. The van der Waals surface area contributed by atoms with Crippen LogP contribution in [0.3, 0.4) is 0 Å². The molecule has 0 aliphatic heterocycles. The van der Waals surface area contributed by atoms with Crippen LogP contribution in [0.1, 0.15) is 30.1 Å². The topological polar surface area (TPSA) is 63.4 Å². The minimum absolute atomic E-state index is 0.140. The van der Waals surface area contributed by atoms with E-state index in [1.807, 2.05) is 0 Å². The van der Waals surface area contributed by atoms with E-state index < -0.39 is 6.10 Å². The Morgan fingerprint density at radius 3 is 3.00 bits per heavy atom. The van der Waals surface area contributed by atoms with Crippen molar-refractivity contribution in [1.29, 1.82) is 0 Å². The zero-order valence-electron chi connectivity index (χ0n) is 7.64. The Morgan fingerprint density at radius 1 is 1.50 bits per heavy atom. The van der Waals surface area contributed by atoms with Crippen LogP contribution in [0.5, 0.6) is 0 Å². The zero-order valence-corrected chi connectivity index (χ0v) is 7.64. The van der Waals surface area contributed by atoms with Gasteiger partial charge in [0, 0.05) is 11.6 Å². The maximum atomic E-state index is 10.7. The molecule has 0 bridgehead atoms. The molecule has 0 unspecified atom stereocenters. The van der Waals surface area contributed by atoms with Gasteiger partial charge < -0.3 is 5.11 Å². The lowest BCUT2D eigenvalue weighted by Crippen LogP contribution is -2.11. The summed E-state index contributed by atoms with van der Waals surface area (Å²) in [7, 11) is 0. The molecule has 0 spiro atoms. The first-order valence-corrected chi connectivity index (χ1v) is 4.64. The molecule has 1 aromatic carbocycles. The van der Waals surface area contributed by atoms with Gasteiger partial charge in [0.05, 0.1) is 11.0 Å². The van der Waals surface area contributed by atoms with Gasteiger partial charge >= 0.3 is 0 Å². The number of nitrogens with zero attached hydrogens (tertiary/aromatic N) is 1. The molecular weight excluding hydrogens is 182 g/mol. The number of hydrogen-bond acceptors (Lipinski definition) is 3. The van der Waals surface area contributed by atoms with Gasteiger partial charge in [-0.15, -0.1) is 0 Å². The third-order valence-corrected chi connectivity index (χ3v) is 2.65. The number of nitro groups is 1. The summed E-state index contributed by atoms with van der Waals surface area (Å²) < 4.78 is 0. The van der Waals surface area contributed by atoms with E-state index in [1.54, 1.807) is 12.1 Å². The fraction of sp³-hybridized carbons (Fsp3) is 0.400. The first-order valence-electron chi connectivity index (χ1n) is 4.64. The van der Waals surface area contributed by atoms with Gasteiger partial charge in [-0.25, -0.2) is 0 Å². The molecule has 1 aromatic rings. The quantitative estimate of drug-likeness (QED) is 0.547. The summed E-state index contributed by atoms with van der Waals surface area (Å²) in [4.78, 5) is 10.3. The summed E-state index contributed by atoms with van der Waals surface area (Å²) >= 11 is 0. The largest absolute Gasteiger partial charge is 0.388 e. The van der Waals surface area contributed by atoms with E-state index in [0.717, 1.165) is 12.0 Å². The lowest BCUT2D eigenvalue weighted by molar-refractivity contribution is -0.385. The van der Waals surface area contributed by atoms with Crippen LogP contribution in [-0.2, 0) is 6.42 Å². The average Bonchev–Trinajstić information content (AvgIpc) is 2.17. The van der Waals surface area contributed by atoms with E-state index in [9.17, 15) is 15.2 Å². The van der Waals surface area contributed by atoms with Crippen molar-refractivity contribution in [2.24, 2.45) is 0 Å². The van der Waals surface area contributed by atoms with Crippen molar-refractivity contribution < 1.29 is 10.0 Å². The SMILES string of the molecule is O=[N+]([O-])c1cccc2c1CCC[C@H]2O. The number of benzene rings is 1. The third kappa shape index (κ3) is 1.37. The highest BCUT2D eigenvalue weighted by molar-refractivity contribution is 5.47. The van der Waals surface area contributed by atoms with E-state index >= 15 is 0 Å². The van der Waals surface area contributed by atoms with Crippen LogP contribution in [0, 0.1) is 10.1 Å². The van der Waals surface area contributed by atoms with Gasteiger partial charge in [-0.2, -0.15) is 0 Å². The lowest BCUT2D eigenvalue weighted by Gasteiger charge is -2.20. The molecule has 1 aliphatic rings. The predicted octanol–water partition coefficient (Wildman–Crippen LogP) is 1.96. The van der Waals surface area contributed by atoms with E-state index in [2.05, 4.69) is 0 Å². The maximum absolute atomic E-state index is 10.7. The highest BCUT2D eigenvalue weighted by Crippen LogP contribution is 2.34. The average molecular weight is 193 g/mol. The molecule has 4 nitrogen and oxygen atoms in total. The van der Waals surface area contributed by atoms with Crippen molar-refractivity contribution in [3.8, 4) is 0 Å². The second kappa shape index (κ2) is 3.38. The maximum Gasteiger partial charge on any atom is 0.272 e. The van der Waals surface area contributed by atoms with E-state index in [1.165, 1.54) is 6.07 Å². The minimum Gasteiger partial charge on any atom is -0.388 e. The van der Waals surface area contributed by atoms with Crippen LogP contribution in [-0.4, -0.2) is 10.0 Å². The molecule has 0 radical (unpaired) electrons. The number of aliphatic hydroxyl groups is 1.